The Morgan fingerprint density at radius 1 is 1.19 bits per heavy atom. The van der Waals surface area contributed by atoms with Crippen LogP contribution in [0.1, 0.15) is 44.2 Å². The summed E-state index contributed by atoms with van der Waals surface area (Å²) in [6, 6.07) is 8.06. The van der Waals surface area contributed by atoms with Crippen molar-refractivity contribution < 1.29 is 23.8 Å². The van der Waals surface area contributed by atoms with E-state index < -0.39 is 11.6 Å². The number of carbonyl (C=O) groups is 2. The average Bonchev–Trinajstić information content (AvgIpc) is 3.31. The third-order valence-electron chi connectivity index (χ3n) is 5.37. The van der Waals surface area contributed by atoms with Crippen molar-refractivity contribution in [3.8, 4) is 0 Å². The Labute approximate surface area is 184 Å². The zero-order valence-electron chi connectivity index (χ0n) is 18.6. The van der Waals surface area contributed by atoms with Crippen LogP contribution < -0.4 is 0 Å². The number of nitrogens with zero attached hydrogens (tertiary/aromatic N) is 1. The molecule has 6 heteroatoms. The molecule has 1 heterocycles. The second-order valence-electron chi connectivity index (χ2n) is 8.75. The molecule has 1 aliphatic heterocycles. The largest absolute Gasteiger partial charge is 0.458 e. The van der Waals surface area contributed by atoms with Crippen LogP contribution in [0, 0.1) is 0 Å². The van der Waals surface area contributed by atoms with Gasteiger partial charge >= 0.3 is 12.1 Å². The van der Waals surface area contributed by atoms with Crippen molar-refractivity contribution >= 4 is 17.6 Å². The number of carbonyl (C=O) groups excluding carboxylic acids is 2. The van der Waals surface area contributed by atoms with E-state index in [4.69, 9.17) is 14.2 Å². The van der Waals surface area contributed by atoms with Crippen LogP contribution in [-0.2, 0) is 19.0 Å². The van der Waals surface area contributed by atoms with E-state index in [0.717, 1.165) is 22.3 Å². The highest BCUT2D eigenvalue weighted by molar-refractivity contribution is 5.86. The highest BCUT2D eigenvalue weighted by Crippen LogP contribution is 2.43. The Bertz CT molecular complexity index is 895. The molecule has 0 aromatic heterocycles. The summed E-state index contributed by atoms with van der Waals surface area (Å²) in [6.07, 6.45) is 3.71. The van der Waals surface area contributed by atoms with E-state index in [1.165, 1.54) is 0 Å². The van der Waals surface area contributed by atoms with Gasteiger partial charge in [-0.15, -0.1) is 0 Å². The third-order valence-corrected chi connectivity index (χ3v) is 5.37. The molecule has 1 aliphatic carbocycles. The smallest absolute Gasteiger partial charge is 0.409 e. The maximum absolute atomic E-state index is 12.6. The highest BCUT2D eigenvalue weighted by atomic mass is 16.6. The number of allylic oxidation sites excluding steroid dienone is 3. The summed E-state index contributed by atoms with van der Waals surface area (Å²) >= 11 is 0. The number of ether oxygens (including phenoxy) is 3. The zero-order valence-corrected chi connectivity index (χ0v) is 18.6. The molecule has 166 valence electrons. The molecule has 1 saturated heterocycles. The van der Waals surface area contributed by atoms with Gasteiger partial charge in [0.2, 0.25) is 0 Å². The van der Waals surface area contributed by atoms with Gasteiger partial charge < -0.3 is 19.1 Å². The number of hydrogen-bond acceptors (Lipinski definition) is 5. The topological polar surface area (TPSA) is 65.1 Å². The number of benzene rings is 1. The van der Waals surface area contributed by atoms with Gasteiger partial charge in [-0.1, -0.05) is 49.6 Å². The van der Waals surface area contributed by atoms with Crippen molar-refractivity contribution in [1.29, 1.82) is 0 Å². The van der Waals surface area contributed by atoms with E-state index in [1.54, 1.807) is 4.90 Å². The van der Waals surface area contributed by atoms with Crippen molar-refractivity contribution in [3.63, 3.8) is 0 Å². The van der Waals surface area contributed by atoms with E-state index in [0.29, 0.717) is 19.5 Å². The van der Waals surface area contributed by atoms with Gasteiger partial charge in [-0.3, -0.25) is 0 Å². The quantitative estimate of drug-likeness (QED) is 0.603. The van der Waals surface area contributed by atoms with Crippen LogP contribution in [0.25, 0.3) is 5.57 Å². The molecule has 31 heavy (non-hydrogen) atoms. The van der Waals surface area contributed by atoms with Gasteiger partial charge in [-0.05, 0) is 49.5 Å². The Morgan fingerprint density at radius 3 is 2.61 bits per heavy atom. The first-order chi connectivity index (χ1) is 14.7. The first-order valence-electron chi connectivity index (χ1n) is 10.6. The lowest BCUT2D eigenvalue weighted by Crippen LogP contribution is -2.33. The minimum Gasteiger partial charge on any atom is -0.458 e. The fourth-order valence-corrected chi connectivity index (χ4v) is 4.05. The molecule has 2 aliphatic rings. The number of amides is 1. The fourth-order valence-electron chi connectivity index (χ4n) is 4.05. The number of esters is 1. The van der Waals surface area contributed by atoms with Crippen molar-refractivity contribution in [2.24, 2.45) is 0 Å². The summed E-state index contributed by atoms with van der Waals surface area (Å²) in [5.74, 6) is -0.470. The third kappa shape index (κ3) is 5.44. The maximum atomic E-state index is 12.6. The van der Waals surface area contributed by atoms with E-state index in [1.807, 2.05) is 57.2 Å². The number of hydrogen-bond donors (Lipinski definition) is 0. The van der Waals surface area contributed by atoms with E-state index in [-0.39, 0.29) is 31.3 Å². The van der Waals surface area contributed by atoms with Crippen LogP contribution in [-0.4, -0.2) is 55.0 Å². The lowest BCUT2D eigenvalue weighted by Gasteiger charge is -2.21. The minimum absolute atomic E-state index is 0.0625. The summed E-state index contributed by atoms with van der Waals surface area (Å²) < 4.78 is 16.5. The lowest BCUT2D eigenvalue weighted by molar-refractivity contribution is -0.162. The first kappa shape index (κ1) is 22.8. The Hall–Kier alpha value is -2.86. The monoisotopic (exact) mass is 425 g/mol. The number of likely N-dealkylation sites (tertiary alicyclic amines) is 1. The number of rotatable bonds is 7. The van der Waals surface area contributed by atoms with Crippen LogP contribution in [0.5, 0.6) is 0 Å². The molecular formula is C25H31NO5. The Morgan fingerprint density at radius 2 is 1.94 bits per heavy atom. The molecule has 0 spiro atoms. The van der Waals surface area contributed by atoms with Crippen LogP contribution in [0.3, 0.4) is 0 Å². The highest BCUT2D eigenvalue weighted by Gasteiger charge is 2.32. The van der Waals surface area contributed by atoms with Crippen molar-refractivity contribution in [2.75, 3.05) is 26.3 Å². The van der Waals surface area contributed by atoms with E-state index >= 15 is 0 Å². The second-order valence-corrected chi connectivity index (χ2v) is 8.75. The summed E-state index contributed by atoms with van der Waals surface area (Å²) in [5, 5.41) is 0. The minimum atomic E-state index is -0.547. The van der Waals surface area contributed by atoms with E-state index in [9.17, 15) is 9.59 Å². The summed E-state index contributed by atoms with van der Waals surface area (Å²) in [6.45, 7) is 14.3. The standard InChI is InChI=1S/C25H31NO5/c1-6-18-19(7-2)22(21-11-9-8-10-20(18)21)15-30-24(28)26-13-12-17(14-26)29-16-23(27)31-25(3,4)5/h6-11,17,22H,1-2,12-16H2,3-5H3. The van der Waals surface area contributed by atoms with Gasteiger partial charge in [0.1, 0.15) is 18.8 Å². The number of fused-ring (bicyclic) bond motifs is 1. The predicted octanol–water partition coefficient (Wildman–Crippen LogP) is 4.48. The summed E-state index contributed by atoms with van der Waals surface area (Å²) in [5.41, 5.74) is 3.72. The van der Waals surface area contributed by atoms with Crippen LogP contribution in [0.2, 0.25) is 0 Å². The second kappa shape index (κ2) is 9.52. The van der Waals surface area contributed by atoms with Gasteiger partial charge in [0, 0.05) is 12.5 Å². The molecule has 0 radical (unpaired) electrons. The first-order valence-corrected chi connectivity index (χ1v) is 10.6. The molecule has 0 bridgehead atoms. The van der Waals surface area contributed by atoms with Crippen LogP contribution in [0.15, 0.2) is 55.1 Å². The molecule has 6 nitrogen and oxygen atoms in total. The van der Waals surface area contributed by atoms with Gasteiger partial charge in [0.15, 0.2) is 0 Å². The molecule has 2 unspecified atom stereocenters. The maximum Gasteiger partial charge on any atom is 0.409 e. The zero-order chi connectivity index (χ0) is 22.6. The average molecular weight is 426 g/mol. The van der Waals surface area contributed by atoms with Gasteiger partial charge in [0.05, 0.1) is 12.6 Å². The van der Waals surface area contributed by atoms with Crippen LogP contribution in [0.4, 0.5) is 4.79 Å². The molecule has 0 saturated carbocycles. The summed E-state index contributed by atoms with van der Waals surface area (Å²) in [7, 11) is 0. The van der Waals surface area contributed by atoms with E-state index in [2.05, 4.69) is 13.2 Å². The Kier molecular flexibility index (Phi) is 7.01. The predicted molar refractivity (Wildman–Crippen MR) is 120 cm³/mol. The molecule has 3 rings (SSSR count). The SMILES string of the molecule is C=CC1=C(C=C)C(COC(=O)N2CCC(OCC(=O)OC(C)(C)C)C2)c2ccccc21. The molecule has 1 aromatic carbocycles. The molecule has 2 atom stereocenters. The molecule has 1 amide bonds. The van der Waals surface area contributed by atoms with Crippen LogP contribution >= 0.6 is 0 Å². The molecule has 1 aromatic rings. The normalized spacial score (nSPS) is 20.4. The fraction of sp³-hybridized carbons (Fsp3) is 0.440. The van der Waals surface area contributed by atoms with Gasteiger partial charge in [-0.25, -0.2) is 9.59 Å². The van der Waals surface area contributed by atoms with Crippen molar-refractivity contribution in [3.05, 3.63) is 66.3 Å². The summed E-state index contributed by atoms with van der Waals surface area (Å²) in [4.78, 5) is 26.1. The molecular weight excluding hydrogens is 394 g/mol. The molecule has 0 N–H and O–H groups in total. The Balaban J connectivity index is 1.53. The van der Waals surface area contributed by atoms with Crippen molar-refractivity contribution in [2.45, 2.75) is 44.8 Å². The van der Waals surface area contributed by atoms with Crippen molar-refractivity contribution in [1.82, 2.24) is 4.90 Å². The lowest BCUT2D eigenvalue weighted by atomic mass is 9.97. The van der Waals surface area contributed by atoms with Gasteiger partial charge in [0.25, 0.3) is 0 Å². The van der Waals surface area contributed by atoms with Gasteiger partial charge in [-0.2, -0.15) is 0 Å². The molecule has 1 fully saturated rings.